The Morgan fingerprint density at radius 1 is 1.31 bits per heavy atom. The molecule has 1 fully saturated rings. The van der Waals surface area contributed by atoms with Crippen LogP contribution in [0.5, 0.6) is 0 Å². The molecule has 0 N–H and O–H groups in total. The maximum absolute atomic E-state index is 13.5. The Morgan fingerprint density at radius 3 is 2.83 bits per heavy atom. The number of carbonyl (C=O) groups excluding carboxylic acids is 1. The molecule has 29 heavy (non-hydrogen) atoms. The number of halogens is 1. The molecule has 0 aliphatic carbocycles. The average Bonchev–Trinajstić information content (AvgIpc) is 3.46. The van der Waals surface area contributed by atoms with E-state index in [2.05, 4.69) is 5.10 Å². The van der Waals surface area contributed by atoms with Crippen molar-refractivity contribution in [2.45, 2.75) is 39.0 Å². The van der Waals surface area contributed by atoms with Crippen LogP contribution in [-0.2, 0) is 17.8 Å². The number of hydrogen-bond acceptors (Lipinski definition) is 4. The van der Waals surface area contributed by atoms with Crippen LogP contribution < -0.4 is 0 Å². The lowest BCUT2D eigenvalue weighted by Crippen LogP contribution is -2.37. The van der Waals surface area contributed by atoms with E-state index in [1.165, 1.54) is 0 Å². The Bertz CT molecular complexity index is 950. The van der Waals surface area contributed by atoms with E-state index in [1.807, 2.05) is 59.7 Å². The maximum Gasteiger partial charge on any atom is 0.259 e. The van der Waals surface area contributed by atoms with Gasteiger partial charge in [0.1, 0.15) is 5.15 Å². The number of benzene rings is 1. The number of nitrogens with zero attached hydrogens (tertiary/aromatic N) is 3. The van der Waals surface area contributed by atoms with Gasteiger partial charge in [-0.2, -0.15) is 5.10 Å². The second kappa shape index (κ2) is 9.11. The van der Waals surface area contributed by atoms with Crippen molar-refractivity contribution in [1.29, 1.82) is 0 Å². The number of hydrogen-bond donors (Lipinski definition) is 0. The van der Waals surface area contributed by atoms with Gasteiger partial charge in [0.2, 0.25) is 0 Å². The number of ether oxygens (including phenoxy) is 1. The van der Waals surface area contributed by atoms with Crippen LogP contribution in [0.25, 0.3) is 0 Å². The second-order valence-corrected chi connectivity index (χ2v) is 8.68. The van der Waals surface area contributed by atoms with E-state index in [4.69, 9.17) is 16.3 Å². The minimum atomic E-state index is -0.0873. The van der Waals surface area contributed by atoms with Crippen LogP contribution in [0.3, 0.4) is 0 Å². The maximum atomic E-state index is 13.5. The third kappa shape index (κ3) is 4.71. The molecule has 4 rings (SSSR count). The molecule has 0 spiro atoms. The lowest BCUT2D eigenvalue weighted by atomic mass is 10.2. The fraction of sp³-hybridized carbons (Fsp3) is 0.364. The van der Waals surface area contributed by atoms with E-state index in [1.54, 1.807) is 16.0 Å². The van der Waals surface area contributed by atoms with Crippen LogP contribution in [0.15, 0.2) is 47.8 Å². The highest BCUT2D eigenvalue weighted by molar-refractivity contribution is 7.09. The lowest BCUT2D eigenvalue weighted by molar-refractivity contribution is 0.0509. The van der Waals surface area contributed by atoms with Gasteiger partial charge >= 0.3 is 0 Å². The monoisotopic (exact) mass is 429 g/mol. The summed E-state index contributed by atoms with van der Waals surface area (Å²) in [6, 6.07) is 14.0. The molecule has 1 aromatic carbocycles. The normalized spacial score (nSPS) is 16.3. The fourth-order valence-corrected chi connectivity index (χ4v) is 4.69. The van der Waals surface area contributed by atoms with Crippen molar-refractivity contribution in [3.63, 3.8) is 0 Å². The van der Waals surface area contributed by atoms with Gasteiger partial charge in [0, 0.05) is 18.0 Å². The highest BCUT2D eigenvalue weighted by Gasteiger charge is 2.28. The molecule has 1 aliphatic heterocycles. The molecule has 7 heteroatoms. The molecule has 152 valence electrons. The first-order valence-electron chi connectivity index (χ1n) is 9.82. The largest absolute Gasteiger partial charge is 0.376 e. The lowest BCUT2D eigenvalue weighted by Gasteiger charge is -2.25. The Kier molecular flexibility index (Phi) is 6.33. The minimum Gasteiger partial charge on any atom is -0.376 e. The van der Waals surface area contributed by atoms with Gasteiger partial charge in [0.15, 0.2) is 0 Å². The third-order valence-electron chi connectivity index (χ3n) is 5.12. The van der Waals surface area contributed by atoms with E-state index >= 15 is 0 Å². The molecule has 1 atom stereocenters. The summed E-state index contributed by atoms with van der Waals surface area (Å²) in [4.78, 5) is 16.5. The van der Waals surface area contributed by atoms with Crippen LogP contribution in [0.4, 0.5) is 0 Å². The van der Waals surface area contributed by atoms with Crippen LogP contribution in [0, 0.1) is 6.92 Å². The molecule has 1 amide bonds. The summed E-state index contributed by atoms with van der Waals surface area (Å²) in [5.74, 6) is -0.0873. The first-order valence-corrected chi connectivity index (χ1v) is 11.1. The summed E-state index contributed by atoms with van der Waals surface area (Å²) in [6.45, 7) is 4.26. The molecule has 0 saturated carbocycles. The van der Waals surface area contributed by atoms with Gasteiger partial charge in [-0.05, 0) is 36.8 Å². The number of carbonyl (C=O) groups is 1. The van der Waals surface area contributed by atoms with Crippen molar-refractivity contribution in [1.82, 2.24) is 14.7 Å². The fourth-order valence-electron chi connectivity index (χ4n) is 3.66. The molecular weight excluding hydrogens is 406 g/mol. The number of aromatic nitrogens is 2. The van der Waals surface area contributed by atoms with Crippen molar-refractivity contribution < 1.29 is 9.53 Å². The molecule has 1 saturated heterocycles. The smallest absolute Gasteiger partial charge is 0.259 e. The van der Waals surface area contributed by atoms with Crippen molar-refractivity contribution in [3.8, 4) is 0 Å². The van der Waals surface area contributed by atoms with Gasteiger partial charge in [0.25, 0.3) is 5.91 Å². The quantitative estimate of drug-likeness (QED) is 0.543. The molecule has 1 aliphatic rings. The van der Waals surface area contributed by atoms with Crippen LogP contribution >= 0.6 is 22.9 Å². The van der Waals surface area contributed by atoms with Crippen LogP contribution in [-0.4, -0.2) is 39.8 Å². The van der Waals surface area contributed by atoms with Gasteiger partial charge in [-0.15, -0.1) is 11.3 Å². The summed E-state index contributed by atoms with van der Waals surface area (Å²) in [6.07, 6.45) is 2.10. The van der Waals surface area contributed by atoms with E-state index < -0.39 is 0 Å². The molecule has 3 heterocycles. The first kappa shape index (κ1) is 20.1. The van der Waals surface area contributed by atoms with Crippen molar-refractivity contribution in [2.24, 2.45) is 0 Å². The number of thiophene rings is 1. The predicted molar refractivity (Wildman–Crippen MR) is 116 cm³/mol. The van der Waals surface area contributed by atoms with Gasteiger partial charge in [-0.1, -0.05) is 48.0 Å². The molecule has 0 bridgehead atoms. The number of rotatable bonds is 7. The SMILES string of the molecule is Cc1nn(Cc2ccccc2)c(Cl)c1C(=O)N(Cc1cccs1)CC1CCCO1. The molecule has 2 aromatic heterocycles. The Morgan fingerprint density at radius 2 is 2.14 bits per heavy atom. The molecular formula is C22H24ClN3O2S. The topological polar surface area (TPSA) is 47.4 Å². The van der Waals surface area contributed by atoms with Crippen molar-refractivity contribution >= 4 is 28.8 Å². The van der Waals surface area contributed by atoms with E-state index in [9.17, 15) is 4.79 Å². The van der Waals surface area contributed by atoms with E-state index in [0.717, 1.165) is 29.9 Å². The average molecular weight is 430 g/mol. The van der Waals surface area contributed by atoms with Gasteiger partial charge in [0.05, 0.1) is 30.5 Å². The number of aryl methyl sites for hydroxylation is 1. The first-order chi connectivity index (χ1) is 14.1. The van der Waals surface area contributed by atoms with Crippen LogP contribution in [0.2, 0.25) is 5.15 Å². The highest BCUT2D eigenvalue weighted by atomic mass is 35.5. The van der Waals surface area contributed by atoms with Gasteiger partial charge in [-0.25, -0.2) is 4.68 Å². The van der Waals surface area contributed by atoms with Crippen molar-refractivity contribution in [2.75, 3.05) is 13.2 Å². The Labute approximate surface area is 179 Å². The predicted octanol–water partition coefficient (Wildman–Crippen LogP) is 4.78. The zero-order valence-electron chi connectivity index (χ0n) is 16.4. The summed E-state index contributed by atoms with van der Waals surface area (Å²) >= 11 is 8.29. The third-order valence-corrected chi connectivity index (χ3v) is 6.36. The summed E-state index contributed by atoms with van der Waals surface area (Å²) in [5, 5.41) is 6.96. The summed E-state index contributed by atoms with van der Waals surface area (Å²) < 4.78 is 7.49. The summed E-state index contributed by atoms with van der Waals surface area (Å²) in [5.41, 5.74) is 2.22. The van der Waals surface area contributed by atoms with Gasteiger partial charge < -0.3 is 9.64 Å². The van der Waals surface area contributed by atoms with Crippen LogP contribution in [0.1, 0.15) is 39.3 Å². The van der Waals surface area contributed by atoms with E-state index in [-0.39, 0.29) is 12.0 Å². The second-order valence-electron chi connectivity index (χ2n) is 7.29. The minimum absolute atomic E-state index is 0.0809. The zero-order chi connectivity index (χ0) is 20.2. The number of amides is 1. The molecule has 3 aromatic rings. The zero-order valence-corrected chi connectivity index (χ0v) is 18.0. The molecule has 1 unspecified atom stereocenters. The van der Waals surface area contributed by atoms with E-state index in [0.29, 0.717) is 36.0 Å². The van der Waals surface area contributed by atoms with Crippen molar-refractivity contribution in [3.05, 3.63) is 74.7 Å². The molecule has 5 nitrogen and oxygen atoms in total. The Balaban J connectivity index is 1.59. The van der Waals surface area contributed by atoms with Gasteiger partial charge in [-0.3, -0.25) is 4.79 Å². The Hall–Kier alpha value is -2.15. The summed E-state index contributed by atoms with van der Waals surface area (Å²) in [7, 11) is 0. The standard InChI is InChI=1S/C22H24ClN3O2S/c1-16-20(21(23)26(24-16)13-17-7-3-2-4-8-17)22(27)25(14-18-9-5-11-28-18)15-19-10-6-12-29-19/h2-4,6-8,10,12,18H,5,9,11,13-15H2,1H3. The molecule has 0 radical (unpaired) electrons. The highest BCUT2D eigenvalue weighted by Crippen LogP contribution is 2.25.